The molecule has 152 valence electrons. The van der Waals surface area contributed by atoms with E-state index in [-0.39, 0.29) is 22.9 Å². The first kappa shape index (κ1) is 20.8. The third-order valence-corrected chi connectivity index (χ3v) is 5.57. The zero-order valence-electron chi connectivity index (χ0n) is 17.3. The first-order chi connectivity index (χ1) is 13.3. The standard InChI is InChI=1S/C22H32N4O2/c1-21(2,3)20(27)14-26-13-19-12-24-15-22(16-26,28-19)9-4-10-25-18-7-5-17(11-23)6-8-18/h5-8,19,24-25H,4,9-10,12-16H2,1-3H3. The highest BCUT2D eigenvalue weighted by atomic mass is 16.5. The Balaban J connectivity index is 1.52. The van der Waals surface area contributed by atoms with Crippen molar-refractivity contribution < 1.29 is 9.53 Å². The van der Waals surface area contributed by atoms with Gasteiger partial charge in [0.1, 0.15) is 0 Å². The highest BCUT2D eigenvalue weighted by Crippen LogP contribution is 2.29. The Morgan fingerprint density at radius 2 is 2.14 bits per heavy atom. The number of ether oxygens (including phenoxy) is 1. The number of nitrogens with zero attached hydrogens (tertiary/aromatic N) is 2. The van der Waals surface area contributed by atoms with Crippen molar-refractivity contribution in [2.75, 3.05) is 44.6 Å². The Morgan fingerprint density at radius 1 is 1.39 bits per heavy atom. The fraction of sp³-hybridized carbons (Fsp3) is 0.636. The number of carbonyl (C=O) groups is 1. The number of carbonyl (C=O) groups excluding carboxylic acids is 1. The molecule has 0 saturated carbocycles. The quantitative estimate of drug-likeness (QED) is 0.703. The predicted octanol–water partition coefficient (Wildman–Crippen LogP) is 2.41. The summed E-state index contributed by atoms with van der Waals surface area (Å²) in [6.07, 6.45) is 2.08. The molecular weight excluding hydrogens is 352 g/mol. The van der Waals surface area contributed by atoms with Gasteiger partial charge in [0, 0.05) is 43.8 Å². The molecule has 6 heteroatoms. The van der Waals surface area contributed by atoms with Crippen molar-refractivity contribution in [3.05, 3.63) is 29.8 Å². The molecule has 2 aliphatic heterocycles. The number of hydrogen-bond donors (Lipinski definition) is 2. The van der Waals surface area contributed by atoms with Gasteiger partial charge >= 0.3 is 0 Å². The number of nitrogens with one attached hydrogen (secondary N) is 2. The molecule has 3 rings (SSSR count). The molecule has 2 bridgehead atoms. The van der Waals surface area contributed by atoms with E-state index >= 15 is 0 Å². The molecule has 2 heterocycles. The van der Waals surface area contributed by atoms with Gasteiger partial charge in [0.2, 0.25) is 0 Å². The van der Waals surface area contributed by atoms with Crippen molar-refractivity contribution in [1.29, 1.82) is 5.26 Å². The average molecular weight is 385 g/mol. The lowest BCUT2D eigenvalue weighted by Crippen LogP contribution is -2.66. The minimum atomic E-state index is -0.302. The van der Waals surface area contributed by atoms with Gasteiger partial charge in [0.05, 0.1) is 29.9 Å². The van der Waals surface area contributed by atoms with Gasteiger partial charge in [-0.05, 0) is 37.1 Å². The van der Waals surface area contributed by atoms with Crippen LogP contribution in [0.25, 0.3) is 0 Å². The van der Waals surface area contributed by atoms with E-state index in [0.29, 0.717) is 12.1 Å². The Labute approximate surface area is 168 Å². The monoisotopic (exact) mass is 384 g/mol. The van der Waals surface area contributed by atoms with E-state index in [1.807, 2.05) is 45.0 Å². The van der Waals surface area contributed by atoms with E-state index in [1.54, 1.807) is 0 Å². The highest BCUT2D eigenvalue weighted by molar-refractivity contribution is 5.85. The number of Topliss-reactive ketones (excluding diaryl/α,β-unsaturated/α-hetero) is 1. The summed E-state index contributed by atoms with van der Waals surface area (Å²) in [6.45, 7) is 10.6. The minimum Gasteiger partial charge on any atom is -0.385 e. The smallest absolute Gasteiger partial charge is 0.152 e. The molecule has 2 saturated heterocycles. The largest absolute Gasteiger partial charge is 0.385 e. The van der Waals surface area contributed by atoms with Crippen molar-refractivity contribution in [3.63, 3.8) is 0 Å². The molecule has 0 aromatic heterocycles. The van der Waals surface area contributed by atoms with Crippen molar-refractivity contribution in [3.8, 4) is 6.07 Å². The van der Waals surface area contributed by atoms with Gasteiger partial charge in [-0.1, -0.05) is 20.8 Å². The second kappa shape index (κ2) is 8.60. The van der Waals surface area contributed by atoms with Crippen LogP contribution in [0.15, 0.2) is 24.3 Å². The zero-order chi connectivity index (χ0) is 20.2. The van der Waals surface area contributed by atoms with E-state index < -0.39 is 0 Å². The van der Waals surface area contributed by atoms with Crippen LogP contribution in [0, 0.1) is 16.7 Å². The van der Waals surface area contributed by atoms with E-state index in [0.717, 1.165) is 51.3 Å². The number of anilines is 1. The van der Waals surface area contributed by atoms with E-state index in [9.17, 15) is 4.79 Å². The topological polar surface area (TPSA) is 77.4 Å². The van der Waals surface area contributed by atoms with Crippen molar-refractivity contribution >= 4 is 11.5 Å². The van der Waals surface area contributed by atoms with Gasteiger partial charge in [-0.3, -0.25) is 9.69 Å². The fourth-order valence-corrected chi connectivity index (χ4v) is 3.95. The molecule has 0 radical (unpaired) electrons. The molecule has 0 spiro atoms. The van der Waals surface area contributed by atoms with Crippen LogP contribution in [-0.2, 0) is 9.53 Å². The molecular formula is C22H32N4O2. The summed E-state index contributed by atoms with van der Waals surface area (Å²) in [6, 6.07) is 9.66. The zero-order valence-corrected chi connectivity index (χ0v) is 17.3. The molecule has 0 aliphatic carbocycles. The van der Waals surface area contributed by atoms with Crippen LogP contribution >= 0.6 is 0 Å². The van der Waals surface area contributed by atoms with Crippen LogP contribution < -0.4 is 10.6 Å². The molecule has 2 atom stereocenters. The Hall–Kier alpha value is -1.94. The number of rotatable bonds is 7. The first-order valence-corrected chi connectivity index (χ1v) is 10.2. The molecule has 1 aromatic carbocycles. The maximum absolute atomic E-state index is 12.5. The maximum Gasteiger partial charge on any atom is 0.152 e. The SMILES string of the molecule is CC(C)(C)C(=O)CN1CC2CNCC(CCCNc3ccc(C#N)cc3)(C1)O2. The fourth-order valence-electron chi connectivity index (χ4n) is 3.95. The number of ketones is 1. The van der Waals surface area contributed by atoms with Crippen LogP contribution in [0.4, 0.5) is 5.69 Å². The first-order valence-electron chi connectivity index (χ1n) is 10.2. The third-order valence-electron chi connectivity index (χ3n) is 5.57. The number of benzene rings is 1. The molecule has 2 fully saturated rings. The molecule has 2 N–H and O–H groups in total. The van der Waals surface area contributed by atoms with Gasteiger partial charge in [-0.15, -0.1) is 0 Å². The summed E-state index contributed by atoms with van der Waals surface area (Å²) in [4.78, 5) is 14.8. The summed E-state index contributed by atoms with van der Waals surface area (Å²) in [5, 5.41) is 15.8. The second-order valence-corrected chi connectivity index (χ2v) is 9.12. The van der Waals surface area contributed by atoms with Crippen LogP contribution in [-0.4, -0.2) is 61.7 Å². The van der Waals surface area contributed by atoms with Crippen molar-refractivity contribution in [1.82, 2.24) is 10.2 Å². The molecule has 1 aromatic rings. The Bertz CT molecular complexity index is 720. The van der Waals surface area contributed by atoms with Gasteiger partial charge in [-0.25, -0.2) is 0 Å². The molecule has 2 aliphatic rings. The molecule has 28 heavy (non-hydrogen) atoms. The number of nitriles is 1. The number of hydrogen-bond acceptors (Lipinski definition) is 6. The van der Waals surface area contributed by atoms with E-state index in [2.05, 4.69) is 21.6 Å². The van der Waals surface area contributed by atoms with Gasteiger partial charge in [0.25, 0.3) is 0 Å². The van der Waals surface area contributed by atoms with Gasteiger partial charge in [-0.2, -0.15) is 5.26 Å². The van der Waals surface area contributed by atoms with Gasteiger partial charge < -0.3 is 15.4 Å². The lowest BCUT2D eigenvalue weighted by atomic mass is 9.88. The summed E-state index contributed by atoms with van der Waals surface area (Å²) >= 11 is 0. The maximum atomic E-state index is 12.5. The summed E-state index contributed by atoms with van der Waals surface area (Å²) < 4.78 is 6.41. The van der Waals surface area contributed by atoms with Crippen LogP contribution in [0.3, 0.4) is 0 Å². The van der Waals surface area contributed by atoms with E-state index in [4.69, 9.17) is 10.00 Å². The number of fused-ring (bicyclic) bond motifs is 2. The van der Waals surface area contributed by atoms with E-state index in [1.165, 1.54) is 0 Å². The minimum absolute atomic E-state index is 0.154. The van der Waals surface area contributed by atoms with Crippen molar-refractivity contribution in [2.24, 2.45) is 5.41 Å². The van der Waals surface area contributed by atoms with Crippen LogP contribution in [0.2, 0.25) is 0 Å². The predicted molar refractivity (Wildman–Crippen MR) is 110 cm³/mol. The summed E-state index contributed by atoms with van der Waals surface area (Å²) in [5.74, 6) is 0.290. The number of morpholine rings is 2. The van der Waals surface area contributed by atoms with Crippen LogP contribution in [0.5, 0.6) is 0 Å². The lowest BCUT2D eigenvalue weighted by molar-refractivity contribution is -0.177. The Morgan fingerprint density at radius 3 is 2.82 bits per heavy atom. The van der Waals surface area contributed by atoms with Crippen molar-refractivity contribution in [2.45, 2.75) is 45.3 Å². The lowest BCUT2D eigenvalue weighted by Gasteiger charge is -2.50. The second-order valence-electron chi connectivity index (χ2n) is 9.12. The molecule has 2 unspecified atom stereocenters. The summed E-state index contributed by atoms with van der Waals surface area (Å²) in [7, 11) is 0. The molecule has 6 nitrogen and oxygen atoms in total. The average Bonchev–Trinajstić information content (AvgIpc) is 2.65. The normalized spacial score (nSPS) is 25.1. The third kappa shape index (κ3) is 5.32. The molecule has 0 amide bonds. The van der Waals surface area contributed by atoms with Gasteiger partial charge in [0.15, 0.2) is 5.78 Å². The Kier molecular flexibility index (Phi) is 6.39. The summed E-state index contributed by atoms with van der Waals surface area (Å²) in [5.41, 5.74) is 1.18. The van der Waals surface area contributed by atoms with Crippen LogP contribution in [0.1, 0.15) is 39.2 Å². The highest BCUT2D eigenvalue weighted by Gasteiger charge is 2.43.